The van der Waals surface area contributed by atoms with E-state index in [9.17, 15) is 14.4 Å². The first-order valence-electron chi connectivity index (χ1n) is 11.7. The Balaban J connectivity index is 1.52. The van der Waals surface area contributed by atoms with Crippen molar-refractivity contribution in [1.29, 1.82) is 0 Å². The Kier molecular flexibility index (Phi) is 7.14. The summed E-state index contributed by atoms with van der Waals surface area (Å²) in [7, 11) is 0. The predicted molar refractivity (Wildman–Crippen MR) is 136 cm³/mol. The molecule has 0 fully saturated rings. The molecule has 3 heterocycles. The van der Waals surface area contributed by atoms with Gasteiger partial charge < -0.3 is 15.0 Å². The van der Waals surface area contributed by atoms with E-state index in [2.05, 4.69) is 15.3 Å². The maximum Gasteiger partial charge on any atom is 0.331 e. The largest absolute Gasteiger partial charge is 0.484 e. The number of aromatic amines is 1. The van der Waals surface area contributed by atoms with Crippen LogP contribution in [0.2, 0.25) is 0 Å². The molecule has 0 atom stereocenters. The van der Waals surface area contributed by atoms with Crippen LogP contribution in [0.4, 0.5) is 5.82 Å². The minimum atomic E-state index is -0.307. The fourth-order valence-electron chi connectivity index (χ4n) is 3.91. The zero-order valence-electron chi connectivity index (χ0n) is 20.1. The van der Waals surface area contributed by atoms with E-state index in [0.29, 0.717) is 42.1 Å². The summed E-state index contributed by atoms with van der Waals surface area (Å²) in [5, 5.41) is 2.69. The van der Waals surface area contributed by atoms with Gasteiger partial charge in [-0.05, 0) is 67.3 Å². The van der Waals surface area contributed by atoms with Crippen molar-refractivity contribution in [2.45, 2.75) is 46.7 Å². The fourth-order valence-corrected chi connectivity index (χ4v) is 3.91. The van der Waals surface area contributed by atoms with Crippen molar-refractivity contribution in [2.75, 3.05) is 11.9 Å². The first kappa shape index (κ1) is 24.0. The van der Waals surface area contributed by atoms with Crippen molar-refractivity contribution < 1.29 is 9.53 Å². The number of rotatable bonds is 9. The monoisotopic (exact) mass is 475 g/mol. The molecule has 0 unspecified atom stereocenters. The number of H-pyrrole nitrogens is 1. The van der Waals surface area contributed by atoms with Crippen molar-refractivity contribution in [3.63, 3.8) is 0 Å². The van der Waals surface area contributed by atoms with Gasteiger partial charge in [-0.25, -0.2) is 9.78 Å². The van der Waals surface area contributed by atoms with Gasteiger partial charge in [0.05, 0.1) is 5.52 Å². The van der Waals surface area contributed by atoms with Crippen LogP contribution in [0.1, 0.15) is 32.3 Å². The molecule has 1 amide bonds. The van der Waals surface area contributed by atoms with E-state index in [-0.39, 0.29) is 23.8 Å². The highest BCUT2D eigenvalue weighted by molar-refractivity contribution is 5.91. The highest BCUT2D eigenvalue weighted by atomic mass is 16.5. The molecule has 4 rings (SSSR count). The van der Waals surface area contributed by atoms with E-state index >= 15 is 0 Å². The molecule has 1 aromatic carbocycles. The SMILES string of the molecule is CCCn1c(=O)c2[nH]c(-c3ccc(OCC(=O)Nc4ccc(C)cn4)cc3)cc2n(CCC)c1=O. The second-order valence-electron chi connectivity index (χ2n) is 8.42. The number of fused-ring (bicyclic) bond motifs is 1. The van der Waals surface area contributed by atoms with Gasteiger partial charge in [-0.15, -0.1) is 0 Å². The smallest absolute Gasteiger partial charge is 0.331 e. The molecule has 9 nitrogen and oxygen atoms in total. The Hall–Kier alpha value is -4.14. The molecule has 0 saturated heterocycles. The number of carbonyl (C=O) groups excluding carboxylic acids is 1. The zero-order valence-corrected chi connectivity index (χ0v) is 20.1. The average Bonchev–Trinajstić information content (AvgIpc) is 3.30. The molecule has 4 aromatic rings. The number of pyridine rings is 1. The molecular weight excluding hydrogens is 446 g/mol. The number of ether oxygens (including phenoxy) is 1. The Morgan fingerprint density at radius 1 is 1.03 bits per heavy atom. The van der Waals surface area contributed by atoms with Gasteiger partial charge >= 0.3 is 5.69 Å². The summed E-state index contributed by atoms with van der Waals surface area (Å²) in [6.07, 6.45) is 3.15. The van der Waals surface area contributed by atoms with E-state index < -0.39 is 0 Å². The van der Waals surface area contributed by atoms with Gasteiger partial charge in [0.2, 0.25) is 0 Å². The number of nitrogens with zero attached hydrogens (tertiary/aromatic N) is 3. The lowest BCUT2D eigenvalue weighted by Crippen LogP contribution is -2.39. The lowest BCUT2D eigenvalue weighted by Gasteiger charge is -2.10. The van der Waals surface area contributed by atoms with Gasteiger partial charge in [-0.1, -0.05) is 19.9 Å². The molecule has 9 heteroatoms. The highest BCUT2D eigenvalue weighted by Gasteiger charge is 2.16. The second-order valence-corrected chi connectivity index (χ2v) is 8.42. The third-order valence-corrected chi connectivity index (χ3v) is 5.62. The van der Waals surface area contributed by atoms with Crippen LogP contribution < -0.4 is 21.3 Å². The van der Waals surface area contributed by atoms with Crippen LogP contribution in [-0.2, 0) is 17.9 Å². The predicted octanol–water partition coefficient (Wildman–Crippen LogP) is 3.70. The number of amides is 1. The van der Waals surface area contributed by atoms with Gasteiger partial charge in [-0.3, -0.25) is 18.7 Å². The number of carbonyl (C=O) groups is 1. The minimum Gasteiger partial charge on any atom is -0.484 e. The molecule has 35 heavy (non-hydrogen) atoms. The standard InChI is InChI=1S/C26H29N5O4/c1-4-12-30-21-14-20(28-24(21)25(33)31(13-5-2)26(30)34)18-7-9-19(10-8-18)35-16-23(32)29-22-11-6-17(3)15-27-22/h6-11,14-15,28H,4-5,12-13,16H2,1-3H3,(H,27,29,32). The van der Waals surface area contributed by atoms with Crippen molar-refractivity contribution in [3.8, 4) is 17.0 Å². The molecule has 0 aliphatic rings. The Bertz CT molecular complexity index is 1450. The van der Waals surface area contributed by atoms with E-state index in [0.717, 1.165) is 23.2 Å². The van der Waals surface area contributed by atoms with Crippen LogP contribution >= 0.6 is 0 Å². The third-order valence-electron chi connectivity index (χ3n) is 5.62. The number of anilines is 1. The maximum absolute atomic E-state index is 12.9. The molecule has 0 radical (unpaired) electrons. The van der Waals surface area contributed by atoms with Crippen LogP contribution in [0.25, 0.3) is 22.3 Å². The second kappa shape index (κ2) is 10.4. The van der Waals surface area contributed by atoms with Crippen LogP contribution in [-0.4, -0.2) is 31.6 Å². The first-order chi connectivity index (χ1) is 16.9. The van der Waals surface area contributed by atoms with E-state index in [1.807, 2.05) is 45.0 Å². The molecule has 2 N–H and O–H groups in total. The number of hydrogen-bond acceptors (Lipinski definition) is 5. The number of aromatic nitrogens is 4. The molecule has 0 aliphatic heterocycles. The van der Waals surface area contributed by atoms with E-state index in [1.165, 1.54) is 4.57 Å². The first-order valence-corrected chi connectivity index (χ1v) is 11.7. The summed E-state index contributed by atoms with van der Waals surface area (Å²) in [4.78, 5) is 45.3. The summed E-state index contributed by atoms with van der Waals surface area (Å²) in [6, 6.07) is 12.6. The van der Waals surface area contributed by atoms with Crippen molar-refractivity contribution in [3.05, 3.63) is 75.1 Å². The summed E-state index contributed by atoms with van der Waals surface area (Å²) in [5.41, 5.74) is 3.01. The molecular formula is C26H29N5O4. The fraction of sp³-hybridized carbons (Fsp3) is 0.308. The van der Waals surface area contributed by atoms with Crippen LogP contribution in [0.3, 0.4) is 0 Å². The lowest BCUT2D eigenvalue weighted by molar-refractivity contribution is -0.118. The molecule has 0 spiro atoms. The third kappa shape index (κ3) is 5.18. The Morgan fingerprint density at radius 2 is 1.74 bits per heavy atom. The normalized spacial score (nSPS) is 11.1. The van der Waals surface area contributed by atoms with Crippen LogP contribution in [0, 0.1) is 6.92 Å². The van der Waals surface area contributed by atoms with Crippen LogP contribution in [0.15, 0.2) is 58.3 Å². The molecule has 182 valence electrons. The minimum absolute atomic E-state index is 0.151. The molecule has 0 bridgehead atoms. The van der Waals surface area contributed by atoms with Crippen molar-refractivity contribution >= 4 is 22.8 Å². The average molecular weight is 476 g/mol. The van der Waals surface area contributed by atoms with E-state index in [1.54, 1.807) is 29.0 Å². The van der Waals surface area contributed by atoms with Crippen molar-refractivity contribution in [1.82, 2.24) is 19.1 Å². The lowest BCUT2D eigenvalue weighted by atomic mass is 10.1. The maximum atomic E-state index is 12.9. The van der Waals surface area contributed by atoms with Gasteiger partial charge in [0.15, 0.2) is 6.61 Å². The summed E-state index contributed by atoms with van der Waals surface area (Å²) in [5.74, 6) is 0.696. The zero-order chi connectivity index (χ0) is 24.9. The quantitative estimate of drug-likeness (QED) is 0.383. The van der Waals surface area contributed by atoms with Gasteiger partial charge in [-0.2, -0.15) is 0 Å². The van der Waals surface area contributed by atoms with Gasteiger partial charge in [0, 0.05) is 25.0 Å². The summed E-state index contributed by atoms with van der Waals surface area (Å²) < 4.78 is 8.55. The molecule has 0 saturated carbocycles. The highest BCUT2D eigenvalue weighted by Crippen LogP contribution is 2.24. The Labute approximate surface area is 202 Å². The molecule has 0 aliphatic carbocycles. The van der Waals surface area contributed by atoms with Gasteiger partial charge in [0.1, 0.15) is 17.1 Å². The number of nitrogens with one attached hydrogen (secondary N) is 2. The number of aryl methyl sites for hydroxylation is 2. The van der Waals surface area contributed by atoms with Gasteiger partial charge in [0.25, 0.3) is 11.5 Å². The van der Waals surface area contributed by atoms with Crippen molar-refractivity contribution in [2.24, 2.45) is 0 Å². The number of hydrogen-bond donors (Lipinski definition) is 2. The molecule has 3 aromatic heterocycles. The summed E-state index contributed by atoms with van der Waals surface area (Å²) in [6.45, 7) is 6.62. The summed E-state index contributed by atoms with van der Waals surface area (Å²) >= 11 is 0. The Morgan fingerprint density at radius 3 is 2.40 bits per heavy atom. The van der Waals surface area contributed by atoms with E-state index in [4.69, 9.17) is 4.74 Å². The van der Waals surface area contributed by atoms with Crippen LogP contribution in [0.5, 0.6) is 5.75 Å². The topological polar surface area (TPSA) is 111 Å². The number of benzene rings is 1.